The van der Waals surface area contributed by atoms with Crippen molar-refractivity contribution in [2.24, 2.45) is 5.92 Å². The summed E-state index contributed by atoms with van der Waals surface area (Å²) >= 11 is 5.74. The molecule has 1 aliphatic carbocycles. The van der Waals surface area contributed by atoms with E-state index < -0.39 is 5.82 Å². The van der Waals surface area contributed by atoms with Crippen LogP contribution in [0.3, 0.4) is 0 Å². The number of carbonyl (C=O) groups is 1. The Morgan fingerprint density at radius 2 is 2.24 bits per heavy atom. The van der Waals surface area contributed by atoms with Crippen LogP contribution < -0.4 is 4.90 Å². The van der Waals surface area contributed by atoms with E-state index in [0.29, 0.717) is 17.4 Å². The lowest BCUT2D eigenvalue weighted by atomic mass is 10.0. The molecule has 4 nitrogen and oxygen atoms in total. The van der Waals surface area contributed by atoms with Crippen molar-refractivity contribution in [3.05, 3.63) is 23.1 Å². The number of hydrogen-bond acceptors (Lipinski definition) is 3. The molecule has 21 heavy (non-hydrogen) atoms. The maximum atomic E-state index is 14.0. The summed E-state index contributed by atoms with van der Waals surface area (Å²) in [7, 11) is 1.86. The van der Waals surface area contributed by atoms with Crippen LogP contribution in [0.15, 0.2) is 12.3 Å². The van der Waals surface area contributed by atoms with Gasteiger partial charge in [0.05, 0.1) is 5.02 Å². The Kier molecular flexibility index (Phi) is 4.02. The standard InChI is InChI=1S/C15H19ClFN3O/c1-19(15(21)10-4-5-10)12-3-2-6-20(9-12)14-13(17)7-11(16)8-18-14/h7-8,10,12H,2-6,9H2,1H3. The molecule has 1 saturated carbocycles. The molecule has 1 unspecified atom stereocenters. The third-order valence-corrected chi connectivity index (χ3v) is 4.51. The minimum absolute atomic E-state index is 0.128. The first-order chi connectivity index (χ1) is 10.1. The molecule has 1 atom stereocenters. The van der Waals surface area contributed by atoms with E-state index in [1.165, 1.54) is 12.3 Å². The zero-order valence-corrected chi connectivity index (χ0v) is 12.8. The molecule has 0 aromatic carbocycles. The summed E-state index contributed by atoms with van der Waals surface area (Å²) in [5.74, 6) is 0.373. The van der Waals surface area contributed by atoms with Gasteiger partial charge in [0.2, 0.25) is 5.91 Å². The number of piperidine rings is 1. The van der Waals surface area contributed by atoms with Crippen molar-refractivity contribution in [3.63, 3.8) is 0 Å². The van der Waals surface area contributed by atoms with Crippen LogP contribution in [0, 0.1) is 11.7 Å². The highest BCUT2D eigenvalue weighted by Crippen LogP contribution is 2.32. The van der Waals surface area contributed by atoms with Crippen LogP contribution >= 0.6 is 11.6 Å². The van der Waals surface area contributed by atoms with Gasteiger partial charge in [0.1, 0.15) is 0 Å². The first kappa shape index (κ1) is 14.6. The summed E-state index contributed by atoms with van der Waals surface area (Å²) in [6, 6.07) is 1.41. The summed E-state index contributed by atoms with van der Waals surface area (Å²) < 4.78 is 14.0. The molecule has 1 aromatic rings. The van der Waals surface area contributed by atoms with E-state index >= 15 is 0 Å². The number of aromatic nitrogens is 1. The lowest BCUT2D eigenvalue weighted by Gasteiger charge is -2.38. The van der Waals surface area contributed by atoms with E-state index in [-0.39, 0.29) is 17.9 Å². The summed E-state index contributed by atoms with van der Waals surface area (Å²) in [6.07, 6.45) is 5.36. The molecule has 0 spiro atoms. The fourth-order valence-corrected chi connectivity index (χ4v) is 3.05. The minimum atomic E-state index is -0.403. The average molecular weight is 312 g/mol. The third kappa shape index (κ3) is 3.12. The van der Waals surface area contributed by atoms with Gasteiger partial charge >= 0.3 is 0 Å². The van der Waals surface area contributed by atoms with Crippen molar-refractivity contribution >= 4 is 23.3 Å². The molecule has 0 bridgehead atoms. The summed E-state index contributed by atoms with van der Waals surface area (Å²) in [5.41, 5.74) is 0. The van der Waals surface area contributed by atoms with Crippen molar-refractivity contribution in [3.8, 4) is 0 Å². The molecular weight excluding hydrogens is 293 g/mol. The monoisotopic (exact) mass is 311 g/mol. The highest BCUT2D eigenvalue weighted by atomic mass is 35.5. The second-order valence-corrected chi connectivity index (χ2v) is 6.36. The number of pyridine rings is 1. The quantitative estimate of drug-likeness (QED) is 0.861. The number of rotatable bonds is 3. The Morgan fingerprint density at radius 1 is 1.48 bits per heavy atom. The molecule has 6 heteroatoms. The number of likely N-dealkylation sites (N-methyl/N-ethyl adjacent to an activating group) is 1. The van der Waals surface area contributed by atoms with Crippen molar-refractivity contribution in [1.29, 1.82) is 0 Å². The molecular formula is C15H19ClFN3O. The Morgan fingerprint density at radius 3 is 2.90 bits per heavy atom. The predicted octanol–water partition coefficient (Wildman–Crippen LogP) is 2.71. The summed E-state index contributed by atoms with van der Waals surface area (Å²) in [5, 5.41) is 0.297. The lowest BCUT2D eigenvalue weighted by molar-refractivity contribution is -0.133. The first-order valence-electron chi connectivity index (χ1n) is 7.39. The van der Waals surface area contributed by atoms with Gasteiger partial charge in [-0.1, -0.05) is 11.6 Å². The maximum Gasteiger partial charge on any atom is 0.225 e. The van der Waals surface area contributed by atoms with Crippen molar-refractivity contribution in [2.45, 2.75) is 31.7 Å². The predicted molar refractivity (Wildman–Crippen MR) is 79.9 cm³/mol. The second kappa shape index (κ2) is 5.79. The van der Waals surface area contributed by atoms with Gasteiger partial charge in [-0.15, -0.1) is 0 Å². The van der Waals surface area contributed by atoms with E-state index in [0.717, 1.165) is 32.2 Å². The first-order valence-corrected chi connectivity index (χ1v) is 7.76. The van der Waals surface area contributed by atoms with Crippen molar-refractivity contribution in [1.82, 2.24) is 9.88 Å². The van der Waals surface area contributed by atoms with Crippen LogP contribution in [0.4, 0.5) is 10.2 Å². The smallest absolute Gasteiger partial charge is 0.225 e. The minimum Gasteiger partial charge on any atom is -0.352 e. The Bertz CT molecular complexity index is 550. The fraction of sp³-hybridized carbons (Fsp3) is 0.600. The fourth-order valence-electron chi connectivity index (χ4n) is 2.90. The van der Waals surface area contributed by atoms with E-state index in [2.05, 4.69) is 4.98 Å². The van der Waals surface area contributed by atoms with E-state index in [4.69, 9.17) is 11.6 Å². The number of carbonyl (C=O) groups excluding carboxylic acids is 1. The van der Waals surface area contributed by atoms with Crippen LogP contribution in [0.2, 0.25) is 5.02 Å². The molecule has 0 radical (unpaired) electrons. The van der Waals surface area contributed by atoms with Gasteiger partial charge in [-0.05, 0) is 31.7 Å². The molecule has 1 saturated heterocycles. The normalized spacial score (nSPS) is 22.2. The van der Waals surface area contributed by atoms with Gasteiger partial charge in [0, 0.05) is 38.3 Å². The summed E-state index contributed by atoms with van der Waals surface area (Å²) in [4.78, 5) is 20.0. The second-order valence-electron chi connectivity index (χ2n) is 5.92. The summed E-state index contributed by atoms with van der Waals surface area (Å²) in [6.45, 7) is 1.38. The molecule has 114 valence electrons. The van der Waals surface area contributed by atoms with Crippen LogP contribution in [0.5, 0.6) is 0 Å². The molecule has 1 aliphatic heterocycles. The van der Waals surface area contributed by atoms with Crippen LogP contribution in [0.25, 0.3) is 0 Å². The maximum absolute atomic E-state index is 14.0. The van der Waals surface area contributed by atoms with Gasteiger partial charge in [0.25, 0.3) is 0 Å². The highest BCUT2D eigenvalue weighted by molar-refractivity contribution is 6.30. The van der Waals surface area contributed by atoms with Gasteiger partial charge in [0.15, 0.2) is 11.6 Å². The Labute approximate surface area is 128 Å². The van der Waals surface area contributed by atoms with Crippen LogP contribution in [0.1, 0.15) is 25.7 Å². The zero-order chi connectivity index (χ0) is 15.0. The van der Waals surface area contributed by atoms with Gasteiger partial charge in [-0.25, -0.2) is 9.37 Å². The average Bonchev–Trinajstić information content (AvgIpc) is 3.30. The number of amides is 1. The number of anilines is 1. The number of nitrogens with zero attached hydrogens (tertiary/aromatic N) is 3. The molecule has 3 rings (SSSR count). The van der Waals surface area contributed by atoms with E-state index in [9.17, 15) is 9.18 Å². The van der Waals surface area contributed by atoms with Gasteiger partial charge in [-0.3, -0.25) is 4.79 Å². The molecule has 1 aromatic heterocycles. The number of halogens is 2. The molecule has 1 amide bonds. The van der Waals surface area contributed by atoms with E-state index in [1.807, 2.05) is 16.8 Å². The van der Waals surface area contributed by atoms with Crippen molar-refractivity contribution < 1.29 is 9.18 Å². The van der Waals surface area contributed by atoms with Gasteiger partial charge in [-0.2, -0.15) is 0 Å². The largest absolute Gasteiger partial charge is 0.352 e. The zero-order valence-electron chi connectivity index (χ0n) is 12.1. The molecule has 0 N–H and O–H groups in total. The lowest BCUT2D eigenvalue weighted by Crippen LogP contribution is -2.49. The third-order valence-electron chi connectivity index (χ3n) is 4.31. The van der Waals surface area contributed by atoms with E-state index in [1.54, 1.807) is 0 Å². The number of hydrogen-bond donors (Lipinski definition) is 0. The SMILES string of the molecule is CN(C(=O)C1CC1)C1CCCN(c2ncc(Cl)cc2F)C1. The van der Waals surface area contributed by atoms with Crippen LogP contribution in [-0.4, -0.2) is 42.0 Å². The molecule has 2 aliphatic rings. The van der Waals surface area contributed by atoms with Gasteiger partial charge < -0.3 is 9.80 Å². The Balaban J connectivity index is 1.71. The topological polar surface area (TPSA) is 36.4 Å². The highest BCUT2D eigenvalue weighted by Gasteiger charge is 2.36. The van der Waals surface area contributed by atoms with Crippen LogP contribution in [-0.2, 0) is 4.79 Å². The van der Waals surface area contributed by atoms with Crippen molar-refractivity contribution in [2.75, 3.05) is 25.0 Å². The Hall–Kier alpha value is -1.36. The molecule has 2 heterocycles. The molecule has 2 fully saturated rings.